The molecule has 0 aromatic heterocycles. The van der Waals surface area contributed by atoms with Crippen molar-refractivity contribution in [3.05, 3.63) is 58.1 Å². The summed E-state index contributed by atoms with van der Waals surface area (Å²) in [7, 11) is 0. The molecule has 118 valence electrons. The van der Waals surface area contributed by atoms with Crippen LogP contribution >= 0.6 is 15.9 Å². The smallest absolute Gasteiger partial charge is 0.259 e. The molecule has 2 rings (SSSR count). The van der Waals surface area contributed by atoms with E-state index in [2.05, 4.69) is 34.2 Å². The second-order valence-corrected chi connectivity index (χ2v) is 5.90. The molecule has 0 aliphatic carbocycles. The summed E-state index contributed by atoms with van der Waals surface area (Å²) in [5.41, 5.74) is 1.53. The van der Waals surface area contributed by atoms with Gasteiger partial charge in [-0.25, -0.2) is 0 Å². The van der Waals surface area contributed by atoms with Gasteiger partial charge in [0, 0.05) is 10.2 Å². The van der Waals surface area contributed by atoms with Crippen molar-refractivity contribution in [3.8, 4) is 11.8 Å². The van der Waals surface area contributed by atoms with E-state index in [0.717, 1.165) is 17.3 Å². The fourth-order valence-corrected chi connectivity index (χ4v) is 2.36. The Morgan fingerprint density at radius 2 is 2.13 bits per heavy atom. The molecule has 0 atom stereocenters. The van der Waals surface area contributed by atoms with Crippen LogP contribution in [0.4, 0.5) is 5.69 Å². The monoisotopic (exact) mass is 372 g/mol. The number of nitriles is 1. The number of hydrogen-bond acceptors (Lipinski definition) is 3. The minimum atomic E-state index is -0.270. The summed E-state index contributed by atoms with van der Waals surface area (Å²) in [6, 6.07) is 14.2. The third kappa shape index (κ3) is 4.83. The Morgan fingerprint density at radius 1 is 1.30 bits per heavy atom. The number of carbonyl (C=O) groups excluding carboxylic acids is 1. The molecule has 0 heterocycles. The lowest BCUT2D eigenvalue weighted by atomic mass is 10.1. The fraction of sp³-hybridized carbons (Fsp3) is 0.222. The van der Waals surface area contributed by atoms with E-state index in [1.54, 1.807) is 36.4 Å². The van der Waals surface area contributed by atoms with Gasteiger partial charge in [0.05, 0.1) is 23.8 Å². The van der Waals surface area contributed by atoms with E-state index in [4.69, 9.17) is 10.00 Å². The number of halogens is 1. The number of rotatable bonds is 6. The Bertz CT molecular complexity index is 738. The summed E-state index contributed by atoms with van der Waals surface area (Å²) < 4.78 is 6.50. The summed E-state index contributed by atoms with van der Waals surface area (Å²) in [5.74, 6) is 0.281. The lowest BCUT2D eigenvalue weighted by Gasteiger charge is -2.12. The van der Waals surface area contributed by atoms with E-state index >= 15 is 0 Å². The van der Waals surface area contributed by atoms with Gasteiger partial charge < -0.3 is 10.1 Å². The van der Waals surface area contributed by atoms with Crippen LogP contribution in [-0.2, 0) is 0 Å². The maximum absolute atomic E-state index is 12.5. The Kier molecular flexibility index (Phi) is 6.19. The minimum absolute atomic E-state index is 0.270. The van der Waals surface area contributed by atoms with Crippen molar-refractivity contribution < 1.29 is 9.53 Å². The van der Waals surface area contributed by atoms with Gasteiger partial charge in [0.15, 0.2) is 0 Å². The number of unbranched alkanes of at least 4 members (excludes halogenated alkanes) is 1. The predicted molar refractivity (Wildman–Crippen MR) is 93.7 cm³/mol. The summed E-state index contributed by atoms with van der Waals surface area (Å²) in [4.78, 5) is 12.5. The van der Waals surface area contributed by atoms with Gasteiger partial charge >= 0.3 is 0 Å². The van der Waals surface area contributed by atoms with Crippen molar-refractivity contribution in [3.63, 3.8) is 0 Å². The largest absolute Gasteiger partial charge is 0.493 e. The summed E-state index contributed by atoms with van der Waals surface area (Å²) in [6.45, 7) is 2.66. The molecule has 2 aromatic rings. The molecule has 0 aliphatic rings. The topological polar surface area (TPSA) is 62.1 Å². The van der Waals surface area contributed by atoms with Crippen LogP contribution in [0.1, 0.15) is 35.7 Å². The highest BCUT2D eigenvalue weighted by Crippen LogP contribution is 2.25. The minimum Gasteiger partial charge on any atom is -0.493 e. The van der Waals surface area contributed by atoms with Gasteiger partial charge in [0.1, 0.15) is 5.75 Å². The Balaban J connectivity index is 2.20. The van der Waals surface area contributed by atoms with Crippen molar-refractivity contribution in [1.82, 2.24) is 0 Å². The SMILES string of the molecule is CCCCOc1ccc(Br)cc1C(=O)Nc1cccc(C#N)c1. The molecular formula is C18H17BrN2O2. The molecule has 0 unspecified atom stereocenters. The Labute approximate surface area is 144 Å². The molecule has 5 heteroatoms. The highest BCUT2D eigenvalue weighted by Gasteiger charge is 2.14. The number of nitrogens with zero attached hydrogens (tertiary/aromatic N) is 1. The average Bonchev–Trinajstić information content (AvgIpc) is 2.56. The average molecular weight is 373 g/mol. The molecule has 0 bridgehead atoms. The fourth-order valence-electron chi connectivity index (χ4n) is 2.00. The first kappa shape index (κ1) is 17.0. The lowest BCUT2D eigenvalue weighted by molar-refractivity contribution is 0.102. The molecule has 0 spiro atoms. The first-order valence-electron chi connectivity index (χ1n) is 7.38. The second-order valence-electron chi connectivity index (χ2n) is 4.99. The summed E-state index contributed by atoms with van der Waals surface area (Å²) in [5, 5.41) is 11.7. The maximum Gasteiger partial charge on any atom is 0.259 e. The summed E-state index contributed by atoms with van der Waals surface area (Å²) in [6.07, 6.45) is 1.96. The van der Waals surface area contributed by atoms with E-state index in [9.17, 15) is 4.79 Å². The van der Waals surface area contributed by atoms with Crippen LogP contribution in [0, 0.1) is 11.3 Å². The van der Waals surface area contributed by atoms with Gasteiger partial charge in [0.25, 0.3) is 5.91 Å². The molecule has 23 heavy (non-hydrogen) atoms. The van der Waals surface area contributed by atoms with E-state index in [1.165, 1.54) is 0 Å². The molecular weight excluding hydrogens is 356 g/mol. The molecule has 2 aromatic carbocycles. The Morgan fingerprint density at radius 3 is 2.87 bits per heavy atom. The predicted octanol–water partition coefficient (Wildman–Crippen LogP) is 4.75. The van der Waals surface area contributed by atoms with Crippen LogP contribution in [0.2, 0.25) is 0 Å². The van der Waals surface area contributed by atoms with Gasteiger partial charge in [-0.05, 0) is 42.8 Å². The normalized spacial score (nSPS) is 9.96. The number of hydrogen-bond donors (Lipinski definition) is 1. The zero-order valence-electron chi connectivity index (χ0n) is 12.8. The number of anilines is 1. The highest BCUT2D eigenvalue weighted by molar-refractivity contribution is 9.10. The number of benzene rings is 2. The van der Waals surface area contributed by atoms with Crippen LogP contribution in [0.5, 0.6) is 5.75 Å². The van der Waals surface area contributed by atoms with Crippen LogP contribution in [0.25, 0.3) is 0 Å². The zero-order valence-corrected chi connectivity index (χ0v) is 14.4. The molecule has 1 amide bonds. The van der Waals surface area contributed by atoms with E-state index in [1.807, 2.05) is 6.07 Å². The first-order chi connectivity index (χ1) is 11.1. The number of ether oxygens (including phenoxy) is 1. The van der Waals surface area contributed by atoms with Crippen LogP contribution in [0.15, 0.2) is 46.9 Å². The molecule has 0 saturated heterocycles. The van der Waals surface area contributed by atoms with Gasteiger partial charge in [-0.1, -0.05) is 35.3 Å². The molecule has 0 aliphatic heterocycles. The van der Waals surface area contributed by atoms with Crippen LogP contribution in [-0.4, -0.2) is 12.5 Å². The third-order valence-electron chi connectivity index (χ3n) is 3.19. The van der Waals surface area contributed by atoms with Gasteiger partial charge in [-0.15, -0.1) is 0 Å². The highest BCUT2D eigenvalue weighted by atomic mass is 79.9. The summed E-state index contributed by atoms with van der Waals surface area (Å²) >= 11 is 3.38. The van der Waals surface area contributed by atoms with E-state index < -0.39 is 0 Å². The second kappa shape index (κ2) is 8.35. The molecule has 4 nitrogen and oxygen atoms in total. The van der Waals surface area contributed by atoms with Crippen molar-refractivity contribution >= 4 is 27.5 Å². The standard InChI is InChI=1S/C18H17BrN2O2/c1-2-3-9-23-17-8-7-14(19)11-16(17)18(22)21-15-6-4-5-13(10-15)12-20/h4-8,10-11H,2-3,9H2,1H3,(H,21,22). The third-order valence-corrected chi connectivity index (χ3v) is 3.68. The Hall–Kier alpha value is -2.32. The van der Waals surface area contributed by atoms with Crippen molar-refractivity contribution in [2.45, 2.75) is 19.8 Å². The van der Waals surface area contributed by atoms with Gasteiger partial charge in [0.2, 0.25) is 0 Å². The molecule has 1 N–H and O–H groups in total. The number of nitrogens with one attached hydrogen (secondary N) is 1. The number of carbonyl (C=O) groups is 1. The lowest BCUT2D eigenvalue weighted by Crippen LogP contribution is -2.14. The van der Waals surface area contributed by atoms with Crippen LogP contribution in [0.3, 0.4) is 0 Å². The molecule has 0 saturated carbocycles. The first-order valence-corrected chi connectivity index (χ1v) is 8.17. The maximum atomic E-state index is 12.5. The quantitative estimate of drug-likeness (QED) is 0.743. The van der Waals surface area contributed by atoms with Crippen molar-refractivity contribution in [1.29, 1.82) is 5.26 Å². The van der Waals surface area contributed by atoms with Crippen molar-refractivity contribution in [2.75, 3.05) is 11.9 Å². The van der Waals surface area contributed by atoms with E-state index in [-0.39, 0.29) is 5.91 Å². The van der Waals surface area contributed by atoms with Crippen LogP contribution < -0.4 is 10.1 Å². The molecule has 0 fully saturated rings. The van der Waals surface area contributed by atoms with Gasteiger partial charge in [-0.2, -0.15) is 5.26 Å². The van der Waals surface area contributed by atoms with E-state index in [0.29, 0.717) is 29.2 Å². The van der Waals surface area contributed by atoms with Crippen molar-refractivity contribution in [2.24, 2.45) is 0 Å². The zero-order chi connectivity index (χ0) is 16.7. The number of amides is 1. The molecule has 0 radical (unpaired) electrons. The van der Waals surface area contributed by atoms with Gasteiger partial charge in [-0.3, -0.25) is 4.79 Å².